The third-order valence-corrected chi connectivity index (χ3v) is 4.99. The molecule has 25 heavy (non-hydrogen) atoms. The van der Waals surface area contributed by atoms with Crippen LogP contribution in [0, 0.1) is 11.8 Å². The number of hydrogen-bond donors (Lipinski definition) is 1. The molecule has 0 heterocycles. The zero-order chi connectivity index (χ0) is 17.6. The normalized spacial score (nSPS) is 21.0. The van der Waals surface area contributed by atoms with Gasteiger partial charge in [0, 0.05) is 5.92 Å². The Balaban J connectivity index is 1.83. The quantitative estimate of drug-likeness (QED) is 0.632. The van der Waals surface area contributed by atoms with Crippen LogP contribution in [0.4, 0.5) is 0 Å². The van der Waals surface area contributed by atoms with Gasteiger partial charge in [0.15, 0.2) is 6.10 Å². The molecule has 130 valence electrons. The van der Waals surface area contributed by atoms with Crippen LogP contribution >= 0.6 is 0 Å². The number of carbonyl (C=O) groups excluding carboxylic acids is 1. The molecule has 2 aromatic rings. The summed E-state index contributed by atoms with van der Waals surface area (Å²) in [7, 11) is 0. The van der Waals surface area contributed by atoms with E-state index in [-0.39, 0.29) is 17.8 Å². The van der Waals surface area contributed by atoms with Gasteiger partial charge >= 0.3 is 5.97 Å². The molecule has 1 saturated carbocycles. The third-order valence-electron chi connectivity index (χ3n) is 4.99. The third kappa shape index (κ3) is 3.99. The van der Waals surface area contributed by atoms with Crippen LogP contribution in [0.5, 0.6) is 0 Å². The Hall–Kier alpha value is -2.39. The lowest BCUT2D eigenvalue weighted by atomic mass is 9.90. The Bertz CT molecular complexity index is 656. The molecule has 3 nitrogen and oxygen atoms in total. The number of ether oxygens (including phenoxy) is 1. The summed E-state index contributed by atoms with van der Waals surface area (Å²) in [5.41, 5.74) is 1.89. The van der Waals surface area contributed by atoms with E-state index >= 15 is 0 Å². The van der Waals surface area contributed by atoms with E-state index in [0.717, 1.165) is 30.4 Å². The minimum Gasteiger partial charge on any atom is -0.452 e. The van der Waals surface area contributed by atoms with Gasteiger partial charge < -0.3 is 9.84 Å². The monoisotopic (exact) mass is 336 g/mol. The number of hydrogen-bond acceptors (Lipinski definition) is 3. The molecule has 0 amide bonds. The van der Waals surface area contributed by atoms with Gasteiger partial charge in [-0.15, -0.1) is 6.58 Å². The highest BCUT2D eigenvalue weighted by Gasteiger charge is 2.38. The molecule has 1 unspecified atom stereocenters. The SMILES string of the molecule is C=CC(O)[C@@H]1CCC[C@H]1C(=O)OC(c1ccccc1)c1ccccc1. The van der Waals surface area contributed by atoms with Crippen molar-refractivity contribution in [2.75, 3.05) is 0 Å². The van der Waals surface area contributed by atoms with Crippen molar-refractivity contribution in [2.45, 2.75) is 31.5 Å². The summed E-state index contributed by atoms with van der Waals surface area (Å²) in [5.74, 6) is -0.610. The Morgan fingerprint density at radius 2 is 1.60 bits per heavy atom. The Morgan fingerprint density at radius 3 is 2.12 bits per heavy atom. The first kappa shape index (κ1) is 17.4. The predicted molar refractivity (Wildman–Crippen MR) is 97.9 cm³/mol. The molecule has 0 saturated heterocycles. The van der Waals surface area contributed by atoms with Crippen molar-refractivity contribution in [3.05, 3.63) is 84.4 Å². The number of esters is 1. The average Bonchev–Trinajstić information content (AvgIpc) is 3.16. The zero-order valence-electron chi connectivity index (χ0n) is 14.3. The van der Waals surface area contributed by atoms with Crippen LogP contribution in [0.2, 0.25) is 0 Å². The van der Waals surface area contributed by atoms with Gasteiger partial charge in [0.25, 0.3) is 0 Å². The summed E-state index contributed by atoms with van der Waals surface area (Å²) in [4.78, 5) is 12.9. The van der Waals surface area contributed by atoms with Crippen LogP contribution in [-0.2, 0) is 9.53 Å². The maximum absolute atomic E-state index is 12.9. The summed E-state index contributed by atoms with van der Waals surface area (Å²) in [6, 6.07) is 19.5. The first-order chi connectivity index (χ1) is 12.2. The molecular formula is C22H24O3. The Labute approximate surface area is 149 Å². The molecule has 1 fully saturated rings. The number of carbonyl (C=O) groups is 1. The minimum absolute atomic E-state index is 0.0998. The largest absolute Gasteiger partial charge is 0.452 e. The highest BCUT2D eigenvalue weighted by Crippen LogP contribution is 2.37. The molecule has 0 radical (unpaired) electrons. The molecule has 0 bridgehead atoms. The van der Waals surface area contributed by atoms with Gasteiger partial charge in [-0.25, -0.2) is 0 Å². The predicted octanol–water partition coefficient (Wildman–Crippen LogP) is 4.28. The van der Waals surface area contributed by atoms with Crippen LogP contribution in [0.1, 0.15) is 36.5 Å². The van der Waals surface area contributed by atoms with Crippen molar-refractivity contribution in [3.63, 3.8) is 0 Å². The van der Waals surface area contributed by atoms with Crippen LogP contribution in [-0.4, -0.2) is 17.2 Å². The van der Waals surface area contributed by atoms with Crippen molar-refractivity contribution >= 4 is 5.97 Å². The molecule has 3 atom stereocenters. The zero-order valence-corrected chi connectivity index (χ0v) is 14.3. The van der Waals surface area contributed by atoms with E-state index in [0.29, 0.717) is 0 Å². The van der Waals surface area contributed by atoms with Crippen molar-refractivity contribution in [2.24, 2.45) is 11.8 Å². The molecule has 2 aromatic carbocycles. The summed E-state index contributed by atoms with van der Waals surface area (Å²) in [5, 5.41) is 10.1. The van der Waals surface area contributed by atoms with E-state index in [1.807, 2.05) is 60.7 Å². The van der Waals surface area contributed by atoms with Gasteiger partial charge in [-0.05, 0) is 24.0 Å². The molecule has 3 heteroatoms. The number of aliphatic hydroxyl groups is 1. The number of rotatable bonds is 6. The van der Waals surface area contributed by atoms with Crippen LogP contribution in [0.25, 0.3) is 0 Å². The second-order valence-electron chi connectivity index (χ2n) is 6.57. The maximum Gasteiger partial charge on any atom is 0.310 e. The Morgan fingerprint density at radius 1 is 1.04 bits per heavy atom. The van der Waals surface area contributed by atoms with E-state index in [4.69, 9.17) is 4.74 Å². The lowest BCUT2D eigenvalue weighted by molar-refractivity contribution is -0.155. The fourth-order valence-electron chi connectivity index (χ4n) is 3.65. The van der Waals surface area contributed by atoms with Crippen molar-refractivity contribution in [1.29, 1.82) is 0 Å². The molecular weight excluding hydrogens is 312 g/mol. The van der Waals surface area contributed by atoms with Gasteiger partial charge in [-0.3, -0.25) is 4.79 Å². The van der Waals surface area contributed by atoms with Gasteiger partial charge in [0.05, 0.1) is 12.0 Å². The number of benzene rings is 2. The molecule has 3 rings (SSSR count). The van der Waals surface area contributed by atoms with Crippen LogP contribution in [0.3, 0.4) is 0 Å². The van der Waals surface area contributed by atoms with Gasteiger partial charge in [0.1, 0.15) is 0 Å². The molecule has 0 aliphatic heterocycles. The standard InChI is InChI=1S/C22H24O3/c1-2-20(23)18-14-9-15-19(18)22(24)25-21(16-10-5-3-6-11-16)17-12-7-4-8-13-17/h2-8,10-13,18-21,23H,1,9,14-15H2/t18-,19-,20?/m1/s1. The van der Waals surface area contributed by atoms with E-state index in [9.17, 15) is 9.90 Å². The van der Waals surface area contributed by atoms with E-state index in [1.165, 1.54) is 6.08 Å². The molecule has 0 spiro atoms. The topological polar surface area (TPSA) is 46.5 Å². The fourth-order valence-corrected chi connectivity index (χ4v) is 3.65. The number of aliphatic hydroxyl groups excluding tert-OH is 1. The van der Waals surface area contributed by atoms with Crippen LogP contribution in [0.15, 0.2) is 73.3 Å². The maximum atomic E-state index is 12.9. The highest BCUT2D eigenvalue weighted by molar-refractivity contribution is 5.74. The van der Waals surface area contributed by atoms with E-state index in [1.54, 1.807) is 0 Å². The summed E-state index contributed by atoms with van der Waals surface area (Å²) in [6.07, 6.45) is 2.93. The molecule has 1 aliphatic carbocycles. The molecule has 0 aromatic heterocycles. The van der Waals surface area contributed by atoms with E-state index in [2.05, 4.69) is 6.58 Å². The lowest BCUT2D eigenvalue weighted by Gasteiger charge is -2.25. The highest BCUT2D eigenvalue weighted by atomic mass is 16.5. The second kappa shape index (κ2) is 8.13. The molecule has 1 aliphatic rings. The summed E-state index contributed by atoms with van der Waals surface area (Å²) >= 11 is 0. The minimum atomic E-state index is -0.660. The van der Waals surface area contributed by atoms with E-state index < -0.39 is 12.2 Å². The van der Waals surface area contributed by atoms with Crippen molar-refractivity contribution in [1.82, 2.24) is 0 Å². The van der Waals surface area contributed by atoms with Gasteiger partial charge in [0.2, 0.25) is 0 Å². The smallest absolute Gasteiger partial charge is 0.310 e. The summed E-state index contributed by atoms with van der Waals surface area (Å²) in [6.45, 7) is 3.65. The molecule has 1 N–H and O–H groups in total. The first-order valence-corrected chi connectivity index (χ1v) is 8.81. The lowest BCUT2D eigenvalue weighted by Crippen LogP contribution is -2.30. The van der Waals surface area contributed by atoms with Gasteiger partial charge in [-0.2, -0.15) is 0 Å². The van der Waals surface area contributed by atoms with Crippen molar-refractivity contribution in [3.8, 4) is 0 Å². The average molecular weight is 336 g/mol. The van der Waals surface area contributed by atoms with Crippen LogP contribution < -0.4 is 0 Å². The second-order valence-corrected chi connectivity index (χ2v) is 6.57. The summed E-state index contributed by atoms with van der Waals surface area (Å²) < 4.78 is 5.95. The fraction of sp³-hybridized carbons (Fsp3) is 0.318. The van der Waals surface area contributed by atoms with Crippen molar-refractivity contribution < 1.29 is 14.6 Å². The first-order valence-electron chi connectivity index (χ1n) is 8.81. The van der Waals surface area contributed by atoms with Gasteiger partial charge in [-0.1, -0.05) is 73.2 Å². The Kier molecular flexibility index (Phi) is 5.67.